The first-order valence-electron chi connectivity index (χ1n) is 6.79. The highest BCUT2D eigenvalue weighted by Gasteiger charge is 2.27. The lowest BCUT2D eigenvalue weighted by atomic mass is 9.87. The van der Waals surface area contributed by atoms with Crippen molar-refractivity contribution in [2.24, 2.45) is 17.6 Å². The lowest BCUT2D eigenvalue weighted by Crippen LogP contribution is -2.49. The van der Waals surface area contributed by atoms with E-state index in [4.69, 9.17) is 17.3 Å². The van der Waals surface area contributed by atoms with Crippen molar-refractivity contribution in [3.63, 3.8) is 0 Å². The Morgan fingerprint density at radius 2 is 1.88 bits per heavy atom. The zero-order valence-corrected chi connectivity index (χ0v) is 11.1. The molecule has 2 aliphatic rings. The molecular formula is C13H25ClN2. The molecule has 2 unspecified atom stereocenters. The third-order valence-electron chi connectivity index (χ3n) is 4.29. The first-order valence-corrected chi connectivity index (χ1v) is 7.22. The minimum atomic E-state index is 0.303. The fraction of sp³-hybridized carbons (Fsp3) is 1.00. The van der Waals surface area contributed by atoms with E-state index in [1.807, 2.05) is 0 Å². The molecule has 2 rings (SSSR count). The number of alkyl halides is 1. The highest BCUT2D eigenvalue weighted by Crippen LogP contribution is 2.29. The summed E-state index contributed by atoms with van der Waals surface area (Å²) in [4.78, 5) is 2.50. The van der Waals surface area contributed by atoms with Crippen molar-refractivity contribution in [2.75, 3.05) is 13.1 Å². The Labute approximate surface area is 105 Å². The van der Waals surface area contributed by atoms with Crippen molar-refractivity contribution >= 4 is 11.6 Å². The second-order valence-electron chi connectivity index (χ2n) is 5.81. The van der Waals surface area contributed by atoms with Gasteiger partial charge in [-0.1, -0.05) is 6.92 Å². The summed E-state index contributed by atoms with van der Waals surface area (Å²) in [5.74, 6) is 1.65. The zero-order chi connectivity index (χ0) is 11.5. The fourth-order valence-electron chi connectivity index (χ4n) is 3.09. The zero-order valence-electron chi connectivity index (χ0n) is 10.4. The average molecular weight is 245 g/mol. The maximum atomic E-state index is 6.21. The molecule has 2 nitrogen and oxygen atoms in total. The van der Waals surface area contributed by atoms with E-state index >= 15 is 0 Å². The number of rotatable bonds is 2. The lowest BCUT2D eigenvalue weighted by molar-refractivity contribution is 0.0935. The van der Waals surface area contributed by atoms with Gasteiger partial charge in [0.15, 0.2) is 0 Å². The van der Waals surface area contributed by atoms with Gasteiger partial charge in [0, 0.05) is 11.9 Å². The maximum Gasteiger partial charge on any atom is 0.0574 e. The second-order valence-corrected chi connectivity index (χ2v) is 6.43. The maximum absolute atomic E-state index is 6.21. The number of piperidine rings is 1. The largest absolute Gasteiger partial charge is 0.316 e. The van der Waals surface area contributed by atoms with Gasteiger partial charge in [-0.3, -0.25) is 4.90 Å². The number of halogens is 1. The van der Waals surface area contributed by atoms with Gasteiger partial charge in [-0.2, -0.15) is 0 Å². The molecule has 1 saturated heterocycles. The highest BCUT2D eigenvalue weighted by atomic mass is 35.5. The van der Waals surface area contributed by atoms with E-state index in [9.17, 15) is 0 Å². The lowest BCUT2D eigenvalue weighted by Gasteiger charge is -2.39. The SMILES string of the molecule is CC1CCN(CC2CCC(Cl)CC2)C(N)C1. The normalized spacial score (nSPS) is 42.2. The predicted molar refractivity (Wildman–Crippen MR) is 69.5 cm³/mol. The molecule has 94 valence electrons. The molecule has 1 heterocycles. The van der Waals surface area contributed by atoms with E-state index in [1.165, 1.54) is 51.6 Å². The fourth-order valence-corrected chi connectivity index (χ4v) is 3.35. The number of hydrogen-bond acceptors (Lipinski definition) is 2. The van der Waals surface area contributed by atoms with Crippen LogP contribution in [0.15, 0.2) is 0 Å². The van der Waals surface area contributed by atoms with Crippen LogP contribution in [0.2, 0.25) is 0 Å². The van der Waals surface area contributed by atoms with Gasteiger partial charge in [0.2, 0.25) is 0 Å². The van der Waals surface area contributed by atoms with Crippen LogP contribution in [0.5, 0.6) is 0 Å². The highest BCUT2D eigenvalue weighted by molar-refractivity contribution is 6.20. The van der Waals surface area contributed by atoms with Crippen LogP contribution in [0.4, 0.5) is 0 Å². The Balaban J connectivity index is 1.76. The molecule has 3 heteroatoms. The quantitative estimate of drug-likeness (QED) is 0.757. The van der Waals surface area contributed by atoms with Crippen molar-refractivity contribution in [1.82, 2.24) is 4.90 Å². The van der Waals surface area contributed by atoms with Gasteiger partial charge >= 0.3 is 0 Å². The third kappa shape index (κ3) is 3.35. The summed E-state index contributed by atoms with van der Waals surface area (Å²) in [7, 11) is 0. The molecule has 0 bridgehead atoms. The van der Waals surface area contributed by atoms with Gasteiger partial charge in [-0.25, -0.2) is 0 Å². The smallest absolute Gasteiger partial charge is 0.0574 e. The summed E-state index contributed by atoms with van der Waals surface area (Å²) in [5, 5.41) is 0.436. The Hall–Kier alpha value is 0.210. The Kier molecular flexibility index (Phi) is 4.51. The van der Waals surface area contributed by atoms with Crippen LogP contribution in [-0.2, 0) is 0 Å². The molecule has 2 N–H and O–H groups in total. The number of hydrogen-bond donors (Lipinski definition) is 1. The molecule has 0 aromatic rings. The van der Waals surface area contributed by atoms with E-state index in [2.05, 4.69) is 11.8 Å². The topological polar surface area (TPSA) is 29.3 Å². The standard InChI is InChI=1S/C13H25ClN2/c1-10-6-7-16(13(15)8-10)9-11-2-4-12(14)5-3-11/h10-13H,2-9,15H2,1H3. The van der Waals surface area contributed by atoms with E-state index in [0.29, 0.717) is 11.5 Å². The summed E-state index contributed by atoms with van der Waals surface area (Å²) < 4.78 is 0. The molecule has 0 amide bonds. The summed E-state index contributed by atoms with van der Waals surface area (Å²) in [6.45, 7) is 4.72. The van der Waals surface area contributed by atoms with Gasteiger partial charge in [0.1, 0.15) is 0 Å². The summed E-state index contributed by atoms with van der Waals surface area (Å²) in [6.07, 6.45) is 7.79. The molecule has 1 aliphatic carbocycles. The minimum absolute atomic E-state index is 0.303. The summed E-state index contributed by atoms with van der Waals surface area (Å²) >= 11 is 6.13. The van der Waals surface area contributed by atoms with Gasteiger partial charge < -0.3 is 5.73 Å². The molecular weight excluding hydrogens is 220 g/mol. The Morgan fingerprint density at radius 3 is 2.50 bits per heavy atom. The van der Waals surface area contributed by atoms with Crippen LogP contribution in [-0.4, -0.2) is 29.5 Å². The van der Waals surface area contributed by atoms with Crippen LogP contribution in [0, 0.1) is 11.8 Å². The van der Waals surface area contributed by atoms with Crippen molar-refractivity contribution in [1.29, 1.82) is 0 Å². The average Bonchev–Trinajstić information content (AvgIpc) is 2.25. The molecule has 0 aromatic heterocycles. The van der Waals surface area contributed by atoms with E-state index in [-0.39, 0.29) is 0 Å². The molecule has 2 atom stereocenters. The van der Waals surface area contributed by atoms with Crippen molar-refractivity contribution < 1.29 is 0 Å². The van der Waals surface area contributed by atoms with Gasteiger partial charge in [0.05, 0.1) is 6.17 Å². The van der Waals surface area contributed by atoms with Crippen LogP contribution in [0.1, 0.15) is 45.4 Å². The van der Waals surface area contributed by atoms with Crippen molar-refractivity contribution in [3.05, 3.63) is 0 Å². The van der Waals surface area contributed by atoms with Crippen LogP contribution >= 0.6 is 11.6 Å². The van der Waals surface area contributed by atoms with Crippen LogP contribution in [0.25, 0.3) is 0 Å². The van der Waals surface area contributed by atoms with Crippen LogP contribution < -0.4 is 5.73 Å². The first kappa shape index (κ1) is 12.7. The predicted octanol–water partition coefficient (Wildman–Crippen LogP) is 2.80. The molecule has 2 fully saturated rings. The van der Waals surface area contributed by atoms with Gasteiger partial charge in [0.25, 0.3) is 0 Å². The third-order valence-corrected chi connectivity index (χ3v) is 4.73. The summed E-state index contributed by atoms with van der Waals surface area (Å²) in [5.41, 5.74) is 6.21. The molecule has 16 heavy (non-hydrogen) atoms. The number of likely N-dealkylation sites (tertiary alicyclic amines) is 1. The molecule has 1 aliphatic heterocycles. The number of nitrogens with zero attached hydrogens (tertiary/aromatic N) is 1. The van der Waals surface area contributed by atoms with Crippen LogP contribution in [0.3, 0.4) is 0 Å². The molecule has 0 spiro atoms. The molecule has 1 saturated carbocycles. The molecule has 0 aromatic carbocycles. The van der Waals surface area contributed by atoms with E-state index in [1.54, 1.807) is 0 Å². The van der Waals surface area contributed by atoms with Gasteiger partial charge in [-0.05, 0) is 56.9 Å². The minimum Gasteiger partial charge on any atom is -0.316 e. The van der Waals surface area contributed by atoms with E-state index in [0.717, 1.165) is 11.8 Å². The Morgan fingerprint density at radius 1 is 1.19 bits per heavy atom. The van der Waals surface area contributed by atoms with Gasteiger partial charge in [-0.15, -0.1) is 11.6 Å². The second kappa shape index (κ2) is 5.70. The number of nitrogens with two attached hydrogens (primary N) is 1. The van der Waals surface area contributed by atoms with E-state index < -0.39 is 0 Å². The Bertz CT molecular complexity index is 214. The van der Waals surface area contributed by atoms with Crippen molar-refractivity contribution in [2.45, 2.75) is 57.0 Å². The molecule has 0 radical (unpaired) electrons. The van der Waals surface area contributed by atoms with Crippen molar-refractivity contribution in [3.8, 4) is 0 Å². The summed E-state index contributed by atoms with van der Waals surface area (Å²) in [6, 6.07) is 0. The monoisotopic (exact) mass is 244 g/mol. The first-order chi connectivity index (χ1) is 7.65.